The zero-order valence-corrected chi connectivity index (χ0v) is 12.2. The Morgan fingerprint density at radius 2 is 2.00 bits per heavy atom. The molecule has 0 radical (unpaired) electrons. The number of nitrogens with one attached hydrogen (secondary N) is 1. The molecule has 1 amide bonds. The van der Waals surface area contributed by atoms with Crippen molar-refractivity contribution in [3.05, 3.63) is 41.8 Å². The zero-order valence-electron chi connectivity index (χ0n) is 12.2. The summed E-state index contributed by atoms with van der Waals surface area (Å²) < 4.78 is 42.7. The largest absolute Gasteiger partial charge is 0.444 e. The van der Waals surface area contributed by atoms with Crippen LogP contribution >= 0.6 is 0 Å². The molecule has 2 rings (SSSR count). The van der Waals surface area contributed by atoms with Crippen LogP contribution in [0.25, 0.3) is 11.5 Å². The van der Waals surface area contributed by atoms with Gasteiger partial charge in [-0.15, -0.1) is 0 Å². The highest BCUT2D eigenvalue weighted by Gasteiger charge is 2.30. The number of oxazole rings is 1. The number of benzene rings is 1. The summed E-state index contributed by atoms with van der Waals surface area (Å²) >= 11 is 0. The van der Waals surface area contributed by atoms with Gasteiger partial charge in [-0.2, -0.15) is 13.2 Å². The van der Waals surface area contributed by atoms with Crippen LogP contribution in [0.1, 0.15) is 29.4 Å². The molecule has 0 aliphatic rings. The van der Waals surface area contributed by atoms with Crippen LogP contribution in [0, 0.1) is 0 Å². The average Bonchev–Trinajstić information content (AvgIpc) is 3.01. The summed E-state index contributed by atoms with van der Waals surface area (Å²) in [5.41, 5.74) is -0.461. The maximum Gasteiger partial charge on any atom is 0.416 e. The van der Waals surface area contributed by atoms with E-state index in [0.29, 0.717) is 12.0 Å². The monoisotopic (exact) mass is 328 g/mol. The maximum absolute atomic E-state index is 12.5. The van der Waals surface area contributed by atoms with Gasteiger partial charge in [-0.3, -0.25) is 4.79 Å². The SMILES string of the molecule is CCC(CO)NC(=O)c1coc(-c2ccc(C(F)(F)F)cc2)n1. The van der Waals surface area contributed by atoms with Gasteiger partial charge in [0.05, 0.1) is 18.2 Å². The molecule has 1 unspecified atom stereocenters. The summed E-state index contributed by atoms with van der Waals surface area (Å²) in [6, 6.07) is 3.88. The van der Waals surface area contributed by atoms with Crippen molar-refractivity contribution in [3.8, 4) is 11.5 Å². The number of aliphatic hydroxyl groups is 1. The number of nitrogens with zero attached hydrogens (tertiary/aromatic N) is 1. The Kier molecular flexibility index (Phi) is 5.05. The summed E-state index contributed by atoms with van der Waals surface area (Å²) in [4.78, 5) is 15.9. The molecule has 2 N–H and O–H groups in total. The topological polar surface area (TPSA) is 75.4 Å². The number of hydrogen-bond acceptors (Lipinski definition) is 4. The minimum Gasteiger partial charge on any atom is -0.444 e. The molecule has 23 heavy (non-hydrogen) atoms. The van der Waals surface area contributed by atoms with Gasteiger partial charge in [0.2, 0.25) is 5.89 Å². The van der Waals surface area contributed by atoms with Crippen molar-refractivity contribution in [2.45, 2.75) is 25.6 Å². The highest BCUT2D eigenvalue weighted by molar-refractivity contribution is 5.92. The van der Waals surface area contributed by atoms with Crippen molar-refractivity contribution in [1.29, 1.82) is 0 Å². The van der Waals surface area contributed by atoms with Crippen LogP contribution in [0.2, 0.25) is 0 Å². The Balaban J connectivity index is 2.14. The average molecular weight is 328 g/mol. The smallest absolute Gasteiger partial charge is 0.416 e. The molecule has 1 atom stereocenters. The molecule has 0 bridgehead atoms. The van der Waals surface area contributed by atoms with Crippen LogP contribution in [-0.4, -0.2) is 28.6 Å². The second-order valence-corrected chi connectivity index (χ2v) is 4.87. The molecule has 0 aliphatic carbocycles. The van der Waals surface area contributed by atoms with Crippen LogP contribution in [0.4, 0.5) is 13.2 Å². The van der Waals surface area contributed by atoms with E-state index in [9.17, 15) is 18.0 Å². The summed E-state index contributed by atoms with van der Waals surface area (Å²) in [7, 11) is 0. The predicted octanol–water partition coefficient (Wildman–Crippen LogP) is 2.86. The second-order valence-electron chi connectivity index (χ2n) is 4.87. The quantitative estimate of drug-likeness (QED) is 0.885. The Bertz CT molecular complexity index is 661. The van der Waals surface area contributed by atoms with E-state index in [4.69, 9.17) is 9.52 Å². The predicted molar refractivity (Wildman–Crippen MR) is 75.6 cm³/mol. The summed E-state index contributed by atoms with van der Waals surface area (Å²) in [6.07, 6.45) is -2.75. The first kappa shape index (κ1) is 17.0. The number of alkyl halides is 3. The minimum absolute atomic E-state index is 0.00759. The van der Waals surface area contributed by atoms with Crippen molar-refractivity contribution in [2.75, 3.05) is 6.61 Å². The van der Waals surface area contributed by atoms with Crippen molar-refractivity contribution < 1.29 is 27.5 Å². The lowest BCUT2D eigenvalue weighted by Gasteiger charge is -2.12. The highest BCUT2D eigenvalue weighted by atomic mass is 19.4. The number of hydrogen-bond donors (Lipinski definition) is 2. The van der Waals surface area contributed by atoms with Gasteiger partial charge in [0.1, 0.15) is 6.26 Å². The van der Waals surface area contributed by atoms with Crippen LogP contribution < -0.4 is 5.32 Å². The van der Waals surface area contributed by atoms with Crippen molar-refractivity contribution in [2.24, 2.45) is 0 Å². The number of rotatable bonds is 5. The van der Waals surface area contributed by atoms with Gasteiger partial charge in [0.15, 0.2) is 5.69 Å². The third-order valence-electron chi connectivity index (χ3n) is 3.24. The Labute approximate surface area is 130 Å². The summed E-state index contributed by atoms with van der Waals surface area (Å²) in [6.45, 7) is 1.60. The maximum atomic E-state index is 12.5. The fraction of sp³-hybridized carbons (Fsp3) is 0.333. The van der Waals surface area contributed by atoms with Gasteiger partial charge in [-0.1, -0.05) is 6.92 Å². The lowest BCUT2D eigenvalue weighted by atomic mass is 10.1. The second kappa shape index (κ2) is 6.82. The number of amides is 1. The first-order valence-electron chi connectivity index (χ1n) is 6.90. The molecule has 8 heteroatoms. The summed E-state index contributed by atoms with van der Waals surface area (Å²) in [5.74, 6) is -0.478. The third kappa shape index (κ3) is 4.10. The molecule has 0 saturated carbocycles. The molecule has 1 aromatic carbocycles. The lowest BCUT2D eigenvalue weighted by Crippen LogP contribution is -2.37. The molecular weight excluding hydrogens is 313 g/mol. The van der Waals surface area contributed by atoms with E-state index in [-0.39, 0.29) is 18.2 Å². The number of carbonyl (C=O) groups is 1. The standard InChI is InChI=1S/C15H15F3N2O3/c1-2-11(7-21)19-13(22)12-8-23-14(20-12)9-3-5-10(6-4-9)15(16,17)18/h3-6,8,11,21H,2,7H2,1H3,(H,19,22). The number of aliphatic hydroxyl groups excluding tert-OH is 1. The molecular formula is C15H15F3N2O3. The Morgan fingerprint density at radius 3 is 2.52 bits per heavy atom. The minimum atomic E-state index is -4.42. The number of aromatic nitrogens is 1. The van der Waals surface area contributed by atoms with Gasteiger partial charge in [-0.05, 0) is 30.7 Å². The van der Waals surface area contributed by atoms with E-state index in [1.165, 1.54) is 12.1 Å². The highest BCUT2D eigenvalue weighted by Crippen LogP contribution is 2.30. The van der Waals surface area contributed by atoms with Gasteiger partial charge >= 0.3 is 6.18 Å². The fourth-order valence-corrected chi connectivity index (χ4v) is 1.85. The molecule has 2 aromatic rings. The van der Waals surface area contributed by atoms with Gasteiger partial charge < -0.3 is 14.8 Å². The molecule has 5 nitrogen and oxygen atoms in total. The normalized spacial score (nSPS) is 12.9. The van der Waals surface area contributed by atoms with E-state index in [2.05, 4.69) is 10.3 Å². The van der Waals surface area contributed by atoms with Crippen molar-refractivity contribution >= 4 is 5.91 Å². The molecule has 1 heterocycles. The van der Waals surface area contributed by atoms with E-state index in [1.54, 1.807) is 6.92 Å². The fourth-order valence-electron chi connectivity index (χ4n) is 1.85. The van der Waals surface area contributed by atoms with E-state index < -0.39 is 23.7 Å². The van der Waals surface area contributed by atoms with Crippen molar-refractivity contribution in [1.82, 2.24) is 10.3 Å². The van der Waals surface area contributed by atoms with E-state index >= 15 is 0 Å². The van der Waals surface area contributed by atoms with Gasteiger partial charge in [0, 0.05) is 5.56 Å². The first-order chi connectivity index (χ1) is 10.8. The molecule has 1 aromatic heterocycles. The zero-order chi connectivity index (χ0) is 17.0. The van der Waals surface area contributed by atoms with Crippen LogP contribution in [-0.2, 0) is 6.18 Å². The molecule has 0 fully saturated rings. The first-order valence-corrected chi connectivity index (χ1v) is 6.90. The molecule has 0 saturated heterocycles. The Hall–Kier alpha value is -2.35. The number of halogens is 3. The van der Waals surface area contributed by atoms with Gasteiger partial charge in [0.25, 0.3) is 5.91 Å². The van der Waals surface area contributed by atoms with E-state index in [1.807, 2.05) is 0 Å². The molecule has 0 aliphatic heterocycles. The molecule has 0 spiro atoms. The van der Waals surface area contributed by atoms with Gasteiger partial charge in [-0.25, -0.2) is 4.98 Å². The summed E-state index contributed by atoms with van der Waals surface area (Å²) in [5, 5.41) is 11.6. The van der Waals surface area contributed by atoms with Crippen LogP contribution in [0.3, 0.4) is 0 Å². The van der Waals surface area contributed by atoms with Crippen molar-refractivity contribution in [3.63, 3.8) is 0 Å². The molecule has 124 valence electrons. The lowest BCUT2D eigenvalue weighted by molar-refractivity contribution is -0.137. The third-order valence-corrected chi connectivity index (χ3v) is 3.24. The van der Waals surface area contributed by atoms with Crippen LogP contribution in [0.15, 0.2) is 34.9 Å². The van der Waals surface area contributed by atoms with Crippen LogP contribution in [0.5, 0.6) is 0 Å². The number of carbonyl (C=O) groups excluding carboxylic acids is 1. The van der Waals surface area contributed by atoms with E-state index in [0.717, 1.165) is 18.4 Å². The Morgan fingerprint density at radius 1 is 1.35 bits per heavy atom.